The number of halogens is 2. The number of hydrogen-bond acceptors (Lipinski definition) is 1. The lowest BCUT2D eigenvalue weighted by Crippen LogP contribution is -2.33. The first kappa shape index (κ1) is 14.7. The van der Waals surface area contributed by atoms with Gasteiger partial charge in [0.05, 0.1) is 0 Å². The molecule has 1 aliphatic rings. The zero-order chi connectivity index (χ0) is 15.5. The van der Waals surface area contributed by atoms with Gasteiger partial charge in [0.1, 0.15) is 0 Å². The van der Waals surface area contributed by atoms with Crippen LogP contribution >= 0.6 is 0 Å². The molecule has 0 radical (unpaired) electrons. The van der Waals surface area contributed by atoms with Crippen molar-refractivity contribution < 1.29 is 13.6 Å². The average Bonchev–Trinajstić information content (AvgIpc) is 2.55. The standard InChI is InChI=1S/C18H17F2NO/c19-16-8-5-12(9-17(16)20)11-21-18(22)15-7-6-13-3-1-2-4-14(13)10-15/h1-5,8-9,15H,6-7,10-11H2,(H,21,22). The van der Waals surface area contributed by atoms with E-state index in [4.69, 9.17) is 0 Å². The molecule has 0 aromatic heterocycles. The van der Waals surface area contributed by atoms with Crippen LogP contribution in [0.1, 0.15) is 23.1 Å². The van der Waals surface area contributed by atoms with Crippen LogP contribution in [0.25, 0.3) is 0 Å². The molecule has 1 amide bonds. The zero-order valence-corrected chi connectivity index (χ0v) is 12.1. The van der Waals surface area contributed by atoms with Gasteiger partial charge in [-0.25, -0.2) is 8.78 Å². The minimum atomic E-state index is -0.890. The molecule has 1 unspecified atom stereocenters. The fraction of sp³-hybridized carbons (Fsp3) is 0.278. The zero-order valence-electron chi connectivity index (χ0n) is 12.1. The first-order valence-corrected chi connectivity index (χ1v) is 7.42. The number of hydrogen-bond donors (Lipinski definition) is 1. The number of rotatable bonds is 3. The van der Waals surface area contributed by atoms with Crippen molar-refractivity contribution in [3.8, 4) is 0 Å². The number of amides is 1. The summed E-state index contributed by atoms with van der Waals surface area (Å²) in [4.78, 5) is 12.3. The second kappa shape index (κ2) is 6.26. The summed E-state index contributed by atoms with van der Waals surface area (Å²) >= 11 is 0. The first-order valence-electron chi connectivity index (χ1n) is 7.42. The molecule has 0 bridgehead atoms. The molecule has 1 atom stereocenters. The maximum Gasteiger partial charge on any atom is 0.223 e. The van der Waals surface area contributed by atoms with E-state index in [1.165, 1.54) is 17.2 Å². The summed E-state index contributed by atoms with van der Waals surface area (Å²) in [6.45, 7) is 0.216. The van der Waals surface area contributed by atoms with Crippen LogP contribution in [0.5, 0.6) is 0 Å². The molecule has 0 heterocycles. The highest BCUT2D eigenvalue weighted by Crippen LogP contribution is 2.25. The molecule has 114 valence electrons. The maximum atomic E-state index is 13.1. The molecule has 3 rings (SSSR count). The first-order chi connectivity index (χ1) is 10.6. The second-order valence-corrected chi connectivity index (χ2v) is 5.67. The van der Waals surface area contributed by atoms with E-state index >= 15 is 0 Å². The Balaban J connectivity index is 1.60. The number of aryl methyl sites for hydroxylation is 1. The third kappa shape index (κ3) is 3.16. The third-order valence-electron chi connectivity index (χ3n) is 4.17. The third-order valence-corrected chi connectivity index (χ3v) is 4.17. The normalized spacial score (nSPS) is 16.9. The Morgan fingerprint density at radius 3 is 2.64 bits per heavy atom. The Bertz CT molecular complexity index is 699. The van der Waals surface area contributed by atoms with Gasteiger partial charge < -0.3 is 5.32 Å². The molecular formula is C18H17F2NO. The van der Waals surface area contributed by atoms with E-state index in [0.717, 1.165) is 31.4 Å². The summed E-state index contributed by atoms with van der Waals surface area (Å²) in [5.41, 5.74) is 3.09. The number of benzene rings is 2. The minimum Gasteiger partial charge on any atom is -0.352 e. The summed E-state index contributed by atoms with van der Waals surface area (Å²) in [6.07, 6.45) is 2.46. The van der Waals surface area contributed by atoms with Gasteiger partial charge in [0.25, 0.3) is 0 Å². The van der Waals surface area contributed by atoms with Gasteiger partial charge in [0, 0.05) is 12.5 Å². The Hall–Kier alpha value is -2.23. The van der Waals surface area contributed by atoms with Gasteiger partial charge >= 0.3 is 0 Å². The molecule has 0 spiro atoms. The Labute approximate surface area is 128 Å². The average molecular weight is 301 g/mol. The van der Waals surface area contributed by atoms with Crippen molar-refractivity contribution >= 4 is 5.91 Å². The predicted octanol–water partition coefficient (Wildman–Crippen LogP) is 3.39. The molecule has 4 heteroatoms. The number of nitrogens with one attached hydrogen (secondary N) is 1. The van der Waals surface area contributed by atoms with Crippen molar-refractivity contribution in [2.45, 2.75) is 25.8 Å². The van der Waals surface area contributed by atoms with Gasteiger partial charge in [-0.15, -0.1) is 0 Å². The summed E-state index contributed by atoms with van der Waals surface area (Å²) < 4.78 is 26.0. The number of carbonyl (C=O) groups excluding carboxylic acids is 1. The van der Waals surface area contributed by atoms with Crippen molar-refractivity contribution in [2.24, 2.45) is 5.92 Å². The Kier molecular flexibility index (Phi) is 4.18. The highest BCUT2D eigenvalue weighted by Gasteiger charge is 2.24. The van der Waals surface area contributed by atoms with Crippen LogP contribution in [0.2, 0.25) is 0 Å². The van der Waals surface area contributed by atoms with Gasteiger partial charge in [0.2, 0.25) is 5.91 Å². The maximum absolute atomic E-state index is 13.1. The van der Waals surface area contributed by atoms with Gasteiger partial charge in [-0.3, -0.25) is 4.79 Å². The van der Waals surface area contributed by atoms with E-state index in [1.54, 1.807) is 0 Å². The van der Waals surface area contributed by atoms with E-state index < -0.39 is 11.6 Å². The van der Waals surface area contributed by atoms with Crippen molar-refractivity contribution in [1.82, 2.24) is 5.32 Å². The van der Waals surface area contributed by atoms with Crippen molar-refractivity contribution in [3.63, 3.8) is 0 Å². The van der Waals surface area contributed by atoms with Crippen LogP contribution in [-0.2, 0) is 24.2 Å². The topological polar surface area (TPSA) is 29.1 Å². The lowest BCUT2D eigenvalue weighted by molar-refractivity contribution is -0.125. The fourth-order valence-electron chi connectivity index (χ4n) is 2.90. The lowest BCUT2D eigenvalue weighted by Gasteiger charge is -2.23. The minimum absolute atomic E-state index is 0.0285. The SMILES string of the molecule is O=C(NCc1ccc(F)c(F)c1)C1CCc2ccccc2C1. The van der Waals surface area contributed by atoms with Crippen LogP contribution in [-0.4, -0.2) is 5.91 Å². The molecule has 2 nitrogen and oxygen atoms in total. The monoisotopic (exact) mass is 301 g/mol. The van der Waals surface area contributed by atoms with Gasteiger partial charge in [0.15, 0.2) is 11.6 Å². The molecular weight excluding hydrogens is 284 g/mol. The van der Waals surface area contributed by atoms with E-state index in [9.17, 15) is 13.6 Å². The molecule has 22 heavy (non-hydrogen) atoms. The van der Waals surface area contributed by atoms with Gasteiger partial charge in [-0.05, 0) is 48.1 Å². The quantitative estimate of drug-likeness (QED) is 0.925. The van der Waals surface area contributed by atoms with Crippen LogP contribution < -0.4 is 5.32 Å². The van der Waals surface area contributed by atoms with E-state index in [-0.39, 0.29) is 18.4 Å². The smallest absolute Gasteiger partial charge is 0.223 e. The molecule has 1 N–H and O–H groups in total. The van der Waals surface area contributed by atoms with E-state index in [2.05, 4.69) is 17.4 Å². The highest BCUT2D eigenvalue weighted by atomic mass is 19.2. The molecule has 0 saturated heterocycles. The van der Waals surface area contributed by atoms with E-state index in [0.29, 0.717) is 5.56 Å². The van der Waals surface area contributed by atoms with Crippen LogP contribution in [0.15, 0.2) is 42.5 Å². The van der Waals surface area contributed by atoms with E-state index in [1.807, 2.05) is 12.1 Å². The lowest BCUT2D eigenvalue weighted by atomic mass is 9.83. The Morgan fingerprint density at radius 1 is 1.09 bits per heavy atom. The molecule has 2 aromatic rings. The van der Waals surface area contributed by atoms with Crippen molar-refractivity contribution in [3.05, 3.63) is 70.8 Å². The highest BCUT2D eigenvalue weighted by molar-refractivity contribution is 5.79. The fourth-order valence-corrected chi connectivity index (χ4v) is 2.90. The van der Waals surface area contributed by atoms with Gasteiger partial charge in [-0.1, -0.05) is 30.3 Å². The molecule has 0 aliphatic heterocycles. The van der Waals surface area contributed by atoms with Crippen molar-refractivity contribution in [2.75, 3.05) is 0 Å². The predicted molar refractivity (Wildman–Crippen MR) is 80.2 cm³/mol. The van der Waals surface area contributed by atoms with Crippen LogP contribution in [0.3, 0.4) is 0 Å². The molecule has 0 saturated carbocycles. The molecule has 0 fully saturated rings. The van der Waals surface area contributed by atoms with Crippen LogP contribution in [0, 0.1) is 17.6 Å². The van der Waals surface area contributed by atoms with Gasteiger partial charge in [-0.2, -0.15) is 0 Å². The largest absolute Gasteiger partial charge is 0.352 e. The molecule has 2 aromatic carbocycles. The Morgan fingerprint density at radius 2 is 1.86 bits per heavy atom. The number of fused-ring (bicyclic) bond motifs is 1. The summed E-state index contributed by atoms with van der Waals surface area (Å²) in [6, 6.07) is 11.8. The second-order valence-electron chi connectivity index (χ2n) is 5.67. The number of carbonyl (C=O) groups is 1. The van der Waals surface area contributed by atoms with Crippen LogP contribution in [0.4, 0.5) is 8.78 Å². The molecule has 1 aliphatic carbocycles. The summed E-state index contributed by atoms with van der Waals surface area (Å²) in [7, 11) is 0. The van der Waals surface area contributed by atoms with Crippen molar-refractivity contribution in [1.29, 1.82) is 0 Å². The summed E-state index contributed by atoms with van der Waals surface area (Å²) in [5, 5.41) is 2.82. The summed E-state index contributed by atoms with van der Waals surface area (Å²) in [5.74, 6) is -1.85.